The van der Waals surface area contributed by atoms with E-state index >= 15 is 0 Å². The molecule has 0 aliphatic rings. The maximum absolute atomic E-state index is 13.2. The lowest BCUT2D eigenvalue weighted by atomic mass is 10.1. The van der Waals surface area contributed by atoms with E-state index in [4.69, 9.17) is 32.7 Å². The number of aromatic nitrogens is 1. The Labute approximate surface area is 214 Å². The van der Waals surface area contributed by atoms with Crippen LogP contribution in [0.2, 0.25) is 10.0 Å². The minimum absolute atomic E-state index is 0.0130. The Morgan fingerprint density at radius 1 is 1.06 bits per heavy atom. The highest BCUT2D eigenvalue weighted by Gasteiger charge is 2.31. The minimum Gasteiger partial charge on any atom is -0.461 e. The van der Waals surface area contributed by atoms with Gasteiger partial charge in [0, 0.05) is 28.9 Å². The van der Waals surface area contributed by atoms with Crippen molar-refractivity contribution in [3.63, 3.8) is 0 Å². The molecule has 0 unspecified atom stereocenters. The van der Waals surface area contributed by atoms with E-state index in [9.17, 15) is 14.4 Å². The number of ketones is 1. The predicted octanol–water partition coefficient (Wildman–Crippen LogP) is 6.98. The number of ether oxygens (including phenoxy) is 2. The molecule has 9 heteroatoms. The Morgan fingerprint density at radius 3 is 2.37 bits per heavy atom. The van der Waals surface area contributed by atoms with E-state index in [1.54, 1.807) is 45.9 Å². The number of rotatable bonds is 8. The molecular formula is C26H28Cl2N2O5. The molecule has 0 saturated carbocycles. The Kier molecular flexibility index (Phi) is 8.46. The zero-order valence-electron chi connectivity index (χ0n) is 20.1. The van der Waals surface area contributed by atoms with Crippen molar-refractivity contribution in [2.75, 3.05) is 18.5 Å². The topological polar surface area (TPSA) is 86.6 Å². The Morgan fingerprint density at radius 2 is 1.74 bits per heavy atom. The van der Waals surface area contributed by atoms with Crippen molar-refractivity contribution < 1.29 is 23.9 Å². The van der Waals surface area contributed by atoms with Crippen molar-refractivity contribution >= 4 is 57.6 Å². The number of carbonyl (C=O) groups excluding carboxylic acids is 3. The first-order chi connectivity index (χ1) is 16.5. The van der Waals surface area contributed by atoms with Gasteiger partial charge in [0.15, 0.2) is 11.5 Å². The molecule has 0 fully saturated rings. The second kappa shape index (κ2) is 11.1. The molecule has 1 heterocycles. The number of fused-ring (bicyclic) bond motifs is 1. The second-order valence-electron chi connectivity index (χ2n) is 8.86. The molecule has 1 N–H and O–H groups in total. The third-order valence-corrected chi connectivity index (χ3v) is 5.52. The van der Waals surface area contributed by atoms with Crippen LogP contribution in [-0.2, 0) is 9.47 Å². The Bertz CT molecular complexity index is 1250. The molecule has 0 spiro atoms. The van der Waals surface area contributed by atoms with Crippen LogP contribution < -0.4 is 5.32 Å². The molecule has 0 radical (unpaired) electrons. The first-order valence-corrected chi connectivity index (χ1v) is 12.0. The maximum Gasteiger partial charge on any atom is 0.419 e. The first-order valence-electron chi connectivity index (χ1n) is 11.3. The van der Waals surface area contributed by atoms with Crippen molar-refractivity contribution in [2.45, 2.75) is 46.1 Å². The fourth-order valence-electron chi connectivity index (χ4n) is 3.63. The van der Waals surface area contributed by atoms with Gasteiger partial charge >= 0.3 is 12.1 Å². The van der Waals surface area contributed by atoms with Gasteiger partial charge in [-0.05, 0) is 46.2 Å². The second-order valence-corrected chi connectivity index (χ2v) is 9.70. The third kappa shape index (κ3) is 6.35. The lowest BCUT2D eigenvalue weighted by Gasteiger charge is -2.21. The lowest BCUT2D eigenvalue weighted by Crippen LogP contribution is -2.29. The number of anilines is 1. The average molecular weight is 519 g/mol. The number of carbonyl (C=O) groups is 3. The van der Waals surface area contributed by atoms with Gasteiger partial charge in [-0.1, -0.05) is 53.5 Å². The predicted molar refractivity (Wildman–Crippen MR) is 138 cm³/mol. The molecule has 2 aromatic carbocycles. The molecule has 186 valence electrons. The van der Waals surface area contributed by atoms with E-state index in [1.807, 2.05) is 18.2 Å². The molecule has 3 rings (SSSR count). The summed E-state index contributed by atoms with van der Waals surface area (Å²) in [5.41, 5.74) is 0.405. The number of halogens is 2. The quantitative estimate of drug-likeness (QED) is 0.196. The maximum atomic E-state index is 13.2. The summed E-state index contributed by atoms with van der Waals surface area (Å²) in [4.78, 5) is 38.7. The third-order valence-electron chi connectivity index (χ3n) is 5.01. The SMILES string of the molecule is CCOC(=O)c1c(NCCCC(=O)c2ccccc2)c2c(Cl)cc(Cl)cc2n1C(=O)OC(C)(C)C. The molecule has 0 atom stereocenters. The van der Waals surface area contributed by atoms with E-state index in [2.05, 4.69) is 5.32 Å². The van der Waals surface area contributed by atoms with Gasteiger partial charge in [0.2, 0.25) is 0 Å². The molecule has 0 aliphatic carbocycles. The lowest BCUT2D eigenvalue weighted by molar-refractivity contribution is 0.0455. The van der Waals surface area contributed by atoms with Crippen molar-refractivity contribution in [1.82, 2.24) is 4.57 Å². The highest BCUT2D eigenvalue weighted by atomic mass is 35.5. The van der Waals surface area contributed by atoms with Gasteiger partial charge in [0.1, 0.15) is 5.60 Å². The summed E-state index contributed by atoms with van der Waals surface area (Å²) in [5.74, 6) is -0.705. The van der Waals surface area contributed by atoms with E-state index < -0.39 is 17.7 Å². The van der Waals surface area contributed by atoms with Gasteiger partial charge in [-0.15, -0.1) is 0 Å². The number of benzene rings is 2. The summed E-state index contributed by atoms with van der Waals surface area (Å²) in [6.07, 6.45) is 0.0206. The smallest absolute Gasteiger partial charge is 0.419 e. The van der Waals surface area contributed by atoms with E-state index in [1.165, 1.54) is 6.07 Å². The van der Waals surface area contributed by atoms with Gasteiger partial charge < -0.3 is 14.8 Å². The molecule has 0 amide bonds. The van der Waals surface area contributed by atoms with Crippen LogP contribution in [-0.4, -0.2) is 41.2 Å². The standard InChI is InChI=1S/C26H28Cl2N2O5/c1-5-34-24(32)23-22(29-13-9-12-20(31)16-10-7-6-8-11-16)21-18(28)14-17(27)15-19(21)30(23)25(33)35-26(2,3)4/h6-8,10-11,14-15,29H,5,9,12-13H2,1-4H3. The van der Waals surface area contributed by atoms with E-state index in [0.717, 1.165) is 4.57 Å². The highest BCUT2D eigenvalue weighted by molar-refractivity contribution is 6.40. The molecule has 7 nitrogen and oxygen atoms in total. The summed E-state index contributed by atoms with van der Waals surface area (Å²) in [7, 11) is 0. The minimum atomic E-state index is -0.812. The Hall–Kier alpha value is -3.03. The molecule has 0 saturated heterocycles. The number of nitrogens with zero attached hydrogens (tertiary/aromatic N) is 1. The molecule has 1 aromatic heterocycles. The normalized spacial score (nSPS) is 11.4. The molecule has 0 bridgehead atoms. The van der Waals surface area contributed by atoms with Gasteiger partial charge in [0.05, 0.1) is 22.8 Å². The van der Waals surface area contributed by atoms with Crippen molar-refractivity contribution in [3.05, 3.63) is 63.8 Å². The van der Waals surface area contributed by atoms with Crippen molar-refractivity contribution in [2.24, 2.45) is 0 Å². The summed E-state index contributed by atoms with van der Waals surface area (Å²) in [6.45, 7) is 7.30. The zero-order chi connectivity index (χ0) is 25.8. The summed E-state index contributed by atoms with van der Waals surface area (Å²) < 4.78 is 11.9. The van der Waals surface area contributed by atoms with Crippen LogP contribution in [0.5, 0.6) is 0 Å². The average Bonchev–Trinajstić information content (AvgIpc) is 3.10. The highest BCUT2D eigenvalue weighted by Crippen LogP contribution is 2.39. The monoisotopic (exact) mass is 518 g/mol. The largest absolute Gasteiger partial charge is 0.461 e. The van der Waals surface area contributed by atoms with Crippen LogP contribution in [0.3, 0.4) is 0 Å². The number of nitrogens with one attached hydrogen (secondary N) is 1. The Balaban J connectivity index is 2.00. The van der Waals surface area contributed by atoms with Crippen LogP contribution in [0.4, 0.5) is 10.5 Å². The van der Waals surface area contributed by atoms with Crippen LogP contribution in [0.25, 0.3) is 10.9 Å². The van der Waals surface area contributed by atoms with Gasteiger partial charge in [-0.25, -0.2) is 14.2 Å². The fourth-order valence-corrected chi connectivity index (χ4v) is 4.20. The van der Waals surface area contributed by atoms with E-state index in [-0.39, 0.29) is 23.1 Å². The van der Waals surface area contributed by atoms with Crippen LogP contribution in [0.1, 0.15) is 61.4 Å². The van der Waals surface area contributed by atoms with Gasteiger partial charge in [-0.3, -0.25) is 4.79 Å². The molecule has 35 heavy (non-hydrogen) atoms. The number of hydrogen-bond donors (Lipinski definition) is 1. The van der Waals surface area contributed by atoms with Crippen molar-refractivity contribution in [1.29, 1.82) is 0 Å². The van der Waals surface area contributed by atoms with Crippen LogP contribution >= 0.6 is 23.2 Å². The van der Waals surface area contributed by atoms with Crippen LogP contribution in [0.15, 0.2) is 42.5 Å². The van der Waals surface area contributed by atoms with Crippen LogP contribution in [0, 0.1) is 0 Å². The summed E-state index contributed by atoms with van der Waals surface area (Å²) >= 11 is 12.8. The molecule has 0 aliphatic heterocycles. The number of hydrogen-bond acceptors (Lipinski definition) is 6. The summed E-state index contributed by atoms with van der Waals surface area (Å²) in [5, 5.41) is 4.17. The molecular weight excluding hydrogens is 491 g/mol. The van der Waals surface area contributed by atoms with Crippen molar-refractivity contribution in [3.8, 4) is 0 Å². The molecule has 3 aromatic rings. The zero-order valence-corrected chi connectivity index (χ0v) is 21.6. The van der Waals surface area contributed by atoms with Gasteiger partial charge in [0.25, 0.3) is 0 Å². The van der Waals surface area contributed by atoms with E-state index in [0.29, 0.717) is 46.6 Å². The number of Topliss-reactive ketones (excluding diaryl/α,β-unsaturated/α-hetero) is 1. The summed E-state index contributed by atoms with van der Waals surface area (Å²) in [6, 6.07) is 12.1. The first kappa shape index (κ1) is 26.6. The van der Waals surface area contributed by atoms with Gasteiger partial charge in [-0.2, -0.15) is 0 Å². The fraction of sp³-hybridized carbons (Fsp3) is 0.346. The number of esters is 1.